The number of benzene rings is 1. The van der Waals surface area contributed by atoms with Crippen molar-refractivity contribution in [1.82, 2.24) is 0 Å². The number of rotatable bonds is 6. The minimum absolute atomic E-state index is 0.136. The van der Waals surface area contributed by atoms with Crippen molar-refractivity contribution in [2.24, 2.45) is 5.16 Å². The molecule has 0 saturated carbocycles. The SMILES string of the molecule is CCCCSC(=O)OC(=NOC(=O)S)c1cccc(C=N)c1C. The van der Waals surface area contributed by atoms with E-state index >= 15 is 0 Å². The van der Waals surface area contributed by atoms with Gasteiger partial charge in [-0.05, 0) is 47.5 Å². The summed E-state index contributed by atoms with van der Waals surface area (Å²) in [4.78, 5) is 27.2. The number of carbonyl (C=O) groups excluding carboxylic acids is 2. The third-order valence-corrected chi connectivity index (χ3v) is 3.76. The predicted molar refractivity (Wildman–Crippen MR) is 94.9 cm³/mol. The predicted octanol–water partition coefficient (Wildman–Crippen LogP) is 4.39. The Hall–Kier alpha value is -1.80. The third kappa shape index (κ3) is 6.45. The first-order valence-electron chi connectivity index (χ1n) is 6.92. The maximum atomic E-state index is 11.9. The quantitative estimate of drug-likeness (QED) is 0.150. The van der Waals surface area contributed by atoms with Gasteiger partial charge in [-0.25, -0.2) is 9.59 Å². The second kappa shape index (κ2) is 10.1. The first kappa shape index (κ1) is 19.2. The van der Waals surface area contributed by atoms with Crippen LogP contribution < -0.4 is 0 Å². The number of ether oxygens (including phenoxy) is 1. The topological polar surface area (TPSA) is 88.8 Å². The molecule has 0 unspecified atom stereocenters. The van der Waals surface area contributed by atoms with Crippen LogP contribution in [0.3, 0.4) is 0 Å². The fourth-order valence-corrected chi connectivity index (χ4v) is 2.43. The zero-order chi connectivity index (χ0) is 17.2. The van der Waals surface area contributed by atoms with E-state index in [0.717, 1.165) is 24.6 Å². The average Bonchev–Trinajstić information content (AvgIpc) is 2.52. The highest BCUT2D eigenvalue weighted by Crippen LogP contribution is 2.17. The molecule has 0 saturated heterocycles. The van der Waals surface area contributed by atoms with Crippen molar-refractivity contribution in [1.29, 1.82) is 5.41 Å². The maximum Gasteiger partial charge on any atom is 0.390 e. The highest BCUT2D eigenvalue weighted by molar-refractivity contribution is 8.13. The van der Waals surface area contributed by atoms with Crippen molar-refractivity contribution in [3.63, 3.8) is 0 Å². The molecule has 0 amide bonds. The minimum atomic E-state index is -0.918. The zero-order valence-corrected chi connectivity index (χ0v) is 14.6. The second-order valence-electron chi connectivity index (χ2n) is 4.47. The molecule has 8 heteroatoms. The number of thioether (sulfide) groups is 1. The van der Waals surface area contributed by atoms with Crippen LogP contribution in [0.5, 0.6) is 0 Å². The molecule has 0 aliphatic carbocycles. The van der Waals surface area contributed by atoms with Crippen LogP contribution in [0, 0.1) is 12.3 Å². The van der Waals surface area contributed by atoms with E-state index in [1.165, 1.54) is 6.21 Å². The standard InChI is InChI=1S/C15H18N2O4S2/c1-3-4-8-23-15(19)20-13(17-21-14(18)22)12-7-5-6-11(9-16)10(12)2/h5-7,9,16H,3-4,8H2,1-2H3,(H,18,22). The van der Waals surface area contributed by atoms with Gasteiger partial charge in [-0.2, -0.15) is 0 Å². The Morgan fingerprint density at radius 3 is 2.78 bits per heavy atom. The molecule has 0 aromatic heterocycles. The fraction of sp³-hybridized carbons (Fsp3) is 0.333. The molecule has 0 bridgehead atoms. The van der Waals surface area contributed by atoms with Crippen LogP contribution in [0.25, 0.3) is 0 Å². The number of thiol groups is 1. The van der Waals surface area contributed by atoms with E-state index < -0.39 is 10.6 Å². The first-order valence-corrected chi connectivity index (χ1v) is 8.35. The summed E-state index contributed by atoms with van der Waals surface area (Å²) in [5.74, 6) is 0.497. The van der Waals surface area contributed by atoms with E-state index in [9.17, 15) is 9.59 Å². The highest BCUT2D eigenvalue weighted by atomic mass is 32.2. The van der Waals surface area contributed by atoms with E-state index in [1.807, 2.05) is 6.92 Å². The van der Waals surface area contributed by atoms with Gasteiger partial charge in [0.15, 0.2) is 0 Å². The smallest absolute Gasteiger partial charge is 0.390 e. The van der Waals surface area contributed by atoms with Crippen molar-refractivity contribution in [2.45, 2.75) is 26.7 Å². The van der Waals surface area contributed by atoms with Crippen LogP contribution in [0.2, 0.25) is 0 Å². The van der Waals surface area contributed by atoms with Gasteiger partial charge in [0.05, 0.1) is 0 Å². The number of nitrogens with one attached hydrogen (secondary N) is 1. The number of hydrogen-bond acceptors (Lipinski definition) is 7. The average molecular weight is 354 g/mol. The lowest BCUT2D eigenvalue weighted by Crippen LogP contribution is -2.14. The summed E-state index contributed by atoms with van der Waals surface area (Å²) < 4.78 is 5.20. The molecule has 1 aromatic carbocycles. The van der Waals surface area contributed by atoms with Gasteiger partial charge in [-0.15, -0.1) is 0 Å². The second-order valence-corrected chi connectivity index (χ2v) is 5.87. The van der Waals surface area contributed by atoms with Gasteiger partial charge < -0.3 is 15.0 Å². The molecule has 0 aliphatic rings. The monoisotopic (exact) mass is 354 g/mol. The van der Waals surface area contributed by atoms with Crippen molar-refractivity contribution < 1.29 is 19.2 Å². The lowest BCUT2D eigenvalue weighted by molar-refractivity contribution is 0.175. The molecule has 0 heterocycles. The molecule has 1 N–H and O–H groups in total. The number of unbranched alkanes of at least 4 members (excludes halogenated alkanes) is 1. The van der Waals surface area contributed by atoms with Gasteiger partial charge in [-0.3, -0.25) is 0 Å². The molecule has 0 atom stereocenters. The van der Waals surface area contributed by atoms with Gasteiger partial charge in [0.1, 0.15) is 0 Å². The normalized spacial score (nSPS) is 11.0. The van der Waals surface area contributed by atoms with Crippen molar-refractivity contribution in [3.05, 3.63) is 34.9 Å². The molecule has 1 aromatic rings. The molecular weight excluding hydrogens is 336 g/mol. The third-order valence-electron chi connectivity index (χ3n) is 2.87. The Morgan fingerprint density at radius 2 is 2.17 bits per heavy atom. The van der Waals surface area contributed by atoms with Gasteiger partial charge in [0.2, 0.25) is 0 Å². The Bertz CT molecular complexity index is 617. The van der Waals surface area contributed by atoms with Crippen LogP contribution in [0.4, 0.5) is 9.59 Å². The molecule has 6 nitrogen and oxygen atoms in total. The number of oxime groups is 1. The zero-order valence-electron chi connectivity index (χ0n) is 12.9. The van der Waals surface area contributed by atoms with Crippen LogP contribution >= 0.6 is 24.4 Å². The summed E-state index contributed by atoms with van der Waals surface area (Å²) in [7, 11) is 0. The van der Waals surface area contributed by atoms with Crippen LogP contribution in [0.1, 0.15) is 36.5 Å². The Morgan fingerprint density at radius 1 is 1.43 bits per heavy atom. The molecule has 0 fully saturated rings. The minimum Gasteiger partial charge on any atom is -0.395 e. The summed E-state index contributed by atoms with van der Waals surface area (Å²) in [5, 5.41) is 9.48. The van der Waals surface area contributed by atoms with E-state index in [4.69, 9.17) is 10.1 Å². The highest BCUT2D eigenvalue weighted by Gasteiger charge is 2.16. The largest absolute Gasteiger partial charge is 0.395 e. The fourth-order valence-electron chi connectivity index (χ4n) is 1.65. The first-order chi connectivity index (χ1) is 11.0. The molecule has 124 valence electrons. The number of nitrogens with zero attached hydrogens (tertiary/aromatic N) is 1. The Labute approximate surface area is 144 Å². The van der Waals surface area contributed by atoms with Crippen molar-refractivity contribution in [3.8, 4) is 0 Å². The van der Waals surface area contributed by atoms with E-state index in [1.54, 1.807) is 25.1 Å². The Balaban J connectivity index is 3.02. The summed E-state index contributed by atoms with van der Waals surface area (Å²) >= 11 is 4.49. The van der Waals surface area contributed by atoms with Crippen molar-refractivity contribution in [2.75, 3.05) is 5.75 Å². The molecule has 0 spiro atoms. The summed E-state index contributed by atoms with van der Waals surface area (Å²) in [6.45, 7) is 3.78. The van der Waals surface area contributed by atoms with E-state index in [0.29, 0.717) is 22.4 Å². The van der Waals surface area contributed by atoms with Crippen molar-refractivity contribution >= 4 is 47.1 Å². The number of carbonyl (C=O) groups is 2. The van der Waals surface area contributed by atoms with Gasteiger partial charge in [0.25, 0.3) is 5.90 Å². The van der Waals surface area contributed by atoms with E-state index in [-0.39, 0.29) is 5.90 Å². The van der Waals surface area contributed by atoms with Gasteiger partial charge in [0, 0.05) is 17.5 Å². The summed E-state index contributed by atoms with van der Waals surface area (Å²) in [5.41, 5.74) is 1.79. The molecular formula is C15H18N2O4S2. The summed E-state index contributed by atoms with van der Waals surface area (Å²) in [6, 6.07) is 5.10. The Kier molecular flexibility index (Phi) is 8.42. The van der Waals surface area contributed by atoms with Gasteiger partial charge >= 0.3 is 10.6 Å². The van der Waals surface area contributed by atoms with Crippen LogP contribution in [-0.2, 0) is 9.57 Å². The number of hydrogen-bond donors (Lipinski definition) is 2. The van der Waals surface area contributed by atoms with E-state index in [2.05, 4.69) is 22.6 Å². The maximum absolute atomic E-state index is 11.9. The van der Waals surface area contributed by atoms with Crippen LogP contribution in [0.15, 0.2) is 23.4 Å². The van der Waals surface area contributed by atoms with Crippen LogP contribution in [-0.4, -0.2) is 28.5 Å². The molecule has 1 rings (SSSR count). The molecule has 0 aliphatic heterocycles. The molecule has 0 radical (unpaired) electrons. The van der Waals surface area contributed by atoms with Gasteiger partial charge in [-0.1, -0.05) is 38.1 Å². The lowest BCUT2D eigenvalue weighted by atomic mass is 10.0. The summed E-state index contributed by atoms with van der Waals surface area (Å²) in [6.07, 6.45) is 3.04. The lowest BCUT2D eigenvalue weighted by Gasteiger charge is -2.10. The molecule has 23 heavy (non-hydrogen) atoms.